The fourth-order valence-corrected chi connectivity index (χ4v) is 4.46. The van der Waals surface area contributed by atoms with Crippen molar-refractivity contribution in [1.29, 1.82) is 0 Å². The summed E-state index contributed by atoms with van der Waals surface area (Å²) in [4.78, 5) is 35.1. The van der Waals surface area contributed by atoms with Crippen molar-refractivity contribution < 1.29 is 9.59 Å². The number of carbonyl (C=O) groups is 2. The largest absolute Gasteiger partial charge is 0.346 e. The van der Waals surface area contributed by atoms with Gasteiger partial charge in [-0.1, -0.05) is 30.3 Å². The second-order valence-electron chi connectivity index (χ2n) is 7.62. The van der Waals surface area contributed by atoms with Crippen LogP contribution in [0.4, 0.5) is 5.13 Å². The summed E-state index contributed by atoms with van der Waals surface area (Å²) >= 11 is 1.62. The quantitative estimate of drug-likeness (QED) is 0.590. The fraction of sp³-hybridized carbons (Fsp3) is 0.292. The molecule has 0 atom stereocenters. The highest BCUT2D eigenvalue weighted by Crippen LogP contribution is 2.22. The summed E-state index contributed by atoms with van der Waals surface area (Å²) in [6.07, 6.45) is 2.68. The van der Waals surface area contributed by atoms with E-state index >= 15 is 0 Å². The minimum Gasteiger partial charge on any atom is -0.346 e. The van der Waals surface area contributed by atoms with Gasteiger partial charge >= 0.3 is 0 Å². The predicted octanol–water partition coefficient (Wildman–Crippen LogP) is 4.34. The zero-order valence-corrected chi connectivity index (χ0v) is 18.1. The first-order valence-corrected chi connectivity index (χ1v) is 11.1. The lowest BCUT2D eigenvalue weighted by Crippen LogP contribution is -2.36. The summed E-state index contributed by atoms with van der Waals surface area (Å²) in [5, 5.41) is 2.97. The minimum absolute atomic E-state index is 0.0798. The molecule has 1 aliphatic heterocycles. The number of benzene rings is 2. The smallest absolute Gasteiger partial charge is 0.254 e. The van der Waals surface area contributed by atoms with E-state index in [0.717, 1.165) is 35.8 Å². The number of anilines is 1. The number of aromatic nitrogens is 1. The average molecular weight is 420 g/mol. The maximum atomic E-state index is 13.4. The van der Waals surface area contributed by atoms with E-state index in [1.54, 1.807) is 23.5 Å². The van der Waals surface area contributed by atoms with Gasteiger partial charge in [0.05, 0.1) is 5.56 Å². The lowest BCUT2D eigenvalue weighted by molar-refractivity contribution is 0.0762. The summed E-state index contributed by atoms with van der Waals surface area (Å²) in [6, 6.07) is 12.8. The molecule has 0 spiro atoms. The Bertz CT molecular complexity index is 1060. The lowest BCUT2D eigenvalue weighted by Gasteiger charge is -2.22. The molecule has 0 saturated carbocycles. The molecule has 0 N–H and O–H groups in total. The molecule has 154 valence electrons. The topological polar surface area (TPSA) is 53.5 Å². The first-order chi connectivity index (χ1) is 14.5. The van der Waals surface area contributed by atoms with Crippen LogP contribution in [0.25, 0.3) is 0 Å². The molecule has 0 bridgehead atoms. The van der Waals surface area contributed by atoms with Gasteiger partial charge in [-0.3, -0.25) is 9.59 Å². The van der Waals surface area contributed by atoms with Gasteiger partial charge in [-0.25, -0.2) is 4.98 Å². The minimum atomic E-state index is -0.110. The third-order valence-corrected chi connectivity index (χ3v) is 6.48. The summed E-state index contributed by atoms with van der Waals surface area (Å²) in [7, 11) is 0. The van der Waals surface area contributed by atoms with Crippen molar-refractivity contribution in [3.8, 4) is 0 Å². The van der Waals surface area contributed by atoms with Crippen molar-refractivity contribution in [1.82, 2.24) is 9.88 Å². The normalized spacial score (nSPS) is 14.5. The Morgan fingerprint density at radius 3 is 2.47 bits per heavy atom. The molecule has 0 radical (unpaired) electrons. The SMILES string of the molecule is Cc1ccc(C(=O)c2ccccc2C(=O)N2CCCN(c3nccs3)CC2)cc1C. The van der Waals surface area contributed by atoms with Crippen molar-refractivity contribution >= 4 is 28.2 Å². The van der Waals surface area contributed by atoms with Gasteiger partial charge in [-0.2, -0.15) is 0 Å². The molecule has 0 aliphatic carbocycles. The second kappa shape index (κ2) is 8.79. The zero-order valence-electron chi connectivity index (χ0n) is 17.3. The van der Waals surface area contributed by atoms with E-state index in [4.69, 9.17) is 0 Å². The molecule has 30 heavy (non-hydrogen) atoms. The van der Waals surface area contributed by atoms with Gasteiger partial charge in [0.15, 0.2) is 10.9 Å². The molecule has 4 rings (SSSR count). The number of thiazole rings is 1. The Balaban J connectivity index is 1.56. The van der Waals surface area contributed by atoms with E-state index in [-0.39, 0.29) is 11.7 Å². The van der Waals surface area contributed by atoms with Crippen LogP contribution in [0.2, 0.25) is 0 Å². The number of rotatable bonds is 4. The molecule has 6 heteroatoms. The number of nitrogens with zero attached hydrogens (tertiary/aromatic N) is 3. The van der Waals surface area contributed by atoms with Crippen LogP contribution < -0.4 is 4.90 Å². The van der Waals surface area contributed by atoms with Crippen molar-refractivity contribution in [2.75, 3.05) is 31.1 Å². The number of carbonyl (C=O) groups excluding carboxylic acids is 2. The highest BCUT2D eigenvalue weighted by atomic mass is 32.1. The Labute approximate surface area is 181 Å². The molecule has 0 unspecified atom stereocenters. The molecule has 1 saturated heterocycles. The molecular weight excluding hydrogens is 394 g/mol. The predicted molar refractivity (Wildman–Crippen MR) is 121 cm³/mol. The van der Waals surface area contributed by atoms with E-state index in [9.17, 15) is 9.59 Å². The van der Waals surface area contributed by atoms with E-state index in [1.807, 2.05) is 60.7 Å². The van der Waals surface area contributed by atoms with E-state index < -0.39 is 0 Å². The van der Waals surface area contributed by atoms with E-state index in [0.29, 0.717) is 29.8 Å². The fourth-order valence-electron chi connectivity index (χ4n) is 3.76. The molecule has 1 aliphatic rings. The van der Waals surface area contributed by atoms with Gasteiger partial charge in [0.1, 0.15) is 0 Å². The Hall–Kier alpha value is -2.99. The molecule has 1 amide bonds. The first-order valence-electron chi connectivity index (χ1n) is 10.2. The van der Waals surface area contributed by atoms with Crippen molar-refractivity contribution in [3.05, 3.63) is 81.9 Å². The van der Waals surface area contributed by atoms with Crippen LogP contribution in [0.5, 0.6) is 0 Å². The Morgan fingerprint density at radius 1 is 0.933 bits per heavy atom. The molecule has 2 heterocycles. The molecule has 1 fully saturated rings. The van der Waals surface area contributed by atoms with Crippen LogP contribution in [0.15, 0.2) is 54.0 Å². The van der Waals surface area contributed by atoms with Crippen molar-refractivity contribution in [2.24, 2.45) is 0 Å². The van der Waals surface area contributed by atoms with Crippen LogP contribution in [0.1, 0.15) is 43.8 Å². The number of hydrogen-bond donors (Lipinski definition) is 0. The van der Waals surface area contributed by atoms with Gasteiger partial charge in [0.2, 0.25) is 0 Å². The van der Waals surface area contributed by atoms with Gasteiger partial charge in [-0.15, -0.1) is 11.3 Å². The Kier molecular flexibility index (Phi) is 5.95. The highest BCUT2D eigenvalue weighted by molar-refractivity contribution is 7.13. The molecule has 5 nitrogen and oxygen atoms in total. The van der Waals surface area contributed by atoms with E-state index in [2.05, 4.69) is 9.88 Å². The van der Waals surface area contributed by atoms with Crippen LogP contribution in [-0.4, -0.2) is 47.8 Å². The van der Waals surface area contributed by atoms with Gasteiger partial charge in [-0.05, 0) is 43.5 Å². The first kappa shape index (κ1) is 20.3. The molecular formula is C24H25N3O2S. The lowest BCUT2D eigenvalue weighted by atomic mass is 9.95. The van der Waals surface area contributed by atoms with Crippen LogP contribution in [0.3, 0.4) is 0 Å². The van der Waals surface area contributed by atoms with Gasteiger partial charge in [0, 0.05) is 48.9 Å². The monoisotopic (exact) mass is 419 g/mol. The van der Waals surface area contributed by atoms with Gasteiger partial charge in [0.25, 0.3) is 5.91 Å². The summed E-state index contributed by atoms with van der Waals surface area (Å²) in [5.41, 5.74) is 3.77. The van der Waals surface area contributed by atoms with Crippen LogP contribution in [-0.2, 0) is 0 Å². The molecule has 3 aromatic rings. The van der Waals surface area contributed by atoms with Crippen LogP contribution >= 0.6 is 11.3 Å². The third-order valence-electron chi connectivity index (χ3n) is 5.64. The van der Waals surface area contributed by atoms with E-state index in [1.165, 1.54) is 0 Å². The maximum absolute atomic E-state index is 13.4. The number of ketones is 1. The number of amides is 1. The molecule has 1 aromatic heterocycles. The highest BCUT2D eigenvalue weighted by Gasteiger charge is 2.25. The average Bonchev–Trinajstić information content (AvgIpc) is 3.19. The van der Waals surface area contributed by atoms with Crippen molar-refractivity contribution in [2.45, 2.75) is 20.3 Å². The molecule has 2 aromatic carbocycles. The summed E-state index contributed by atoms with van der Waals surface area (Å²) in [5.74, 6) is -0.190. The van der Waals surface area contributed by atoms with Crippen molar-refractivity contribution in [3.63, 3.8) is 0 Å². The second-order valence-corrected chi connectivity index (χ2v) is 8.49. The third kappa shape index (κ3) is 4.14. The number of hydrogen-bond acceptors (Lipinski definition) is 5. The summed E-state index contributed by atoms with van der Waals surface area (Å²) in [6.45, 7) is 6.93. The zero-order chi connectivity index (χ0) is 21.1. The van der Waals surface area contributed by atoms with Gasteiger partial charge < -0.3 is 9.80 Å². The maximum Gasteiger partial charge on any atom is 0.254 e. The number of aryl methyl sites for hydroxylation is 2. The Morgan fingerprint density at radius 2 is 1.73 bits per heavy atom. The van der Waals surface area contributed by atoms with Crippen LogP contribution in [0, 0.1) is 13.8 Å². The standard InChI is InChI=1S/C24H25N3O2S/c1-17-8-9-19(16-18(17)2)22(28)20-6-3-4-7-21(20)23(29)26-11-5-12-27(14-13-26)24-25-10-15-30-24/h3-4,6-10,15-16H,5,11-14H2,1-2H3. The summed E-state index contributed by atoms with van der Waals surface area (Å²) < 4.78 is 0.